The summed E-state index contributed by atoms with van der Waals surface area (Å²) in [6.45, 7) is 11.4. The first-order valence-electron chi connectivity index (χ1n) is 6.00. The van der Waals surface area contributed by atoms with Gasteiger partial charge in [-0.1, -0.05) is 32.9 Å². The van der Waals surface area contributed by atoms with Crippen LogP contribution in [0.5, 0.6) is 0 Å². The van der Waals surface area contributed by atoms with Crippen LogP contribution in [-0.4, -0.2) is 6.54 Å². The Balaban J connectivity index is 2.73. The number of nitrogens with zero attached hydrogens (tertiary/aromatic N) is 1. The largest absolute Gasteiger partial charge is 0.385 e. The number of nitrogens with one attached hydrogen (secondary N) is 1. The highest BCUT2D eigenvalue weighted by atomic mass is 14.9. The minimum Gasteiger partial charge on any atom is -0.385 e. The van der Waals surface area contributed by atoms with Gasteiger partial charge < -0.3 is 5.32 Å². The number of hydrogen-bond acceptors (Lipinski definition) is 2. The zero-order valence-corrected chi connectivity index (χ0v) is 11.5. The molecule has 2 nitrogen and oxygen atoms in total. The topological polar surface area (TPSA) is 35.8 Å². The van der Waals surface area contributed by atoms with Crippen molar-refractivity contribution in [1.29, 1.82) is 5.26 Å². The first kappa shape index (κ1) is 13.6. The Bertz CT molecular complexity index is 402. The standard InChI is InChI=1S/C15H22N2/c1-14(2,3)11-17-13-8-6-12(7-9-13)15(4,5)10-16/h6-9,17H,11H2,1-5H3. The van der Waals surface area contributed by atoms with Crippen LogP contribution in [-0.2, 0) is 5.41 Å². The Morgan fingerprint density at radius 2 is 1.59 bits per heavy atom. The minimum absolute atomic E-state index is 0.268. The lowest BCUT2D eigenvalue weighted by atomic mass is 9.86. The Labute approximate surface area is 105 Å². The van der Waals surface area contributed by atoms with E-state index in [1.165, 1.54) is 0 Å². The maximum Gasteiger partial charge on any atom is 0.0766 e. The van der Waals surface area contributed by atoms with Gasteiger partial charge in [-0.15, -0.1) is 0 Å². The molecule has 1 aromatic rings. The van der Waals surface area contributed by atoms with Gasteiger partial charge in [0.25, 0.3) is 0 Å². The molecule has 0 atom stereocenters. The summed E-state index contributed by atoms with van der Waals surface area (Å²) in [4.78, 5) is 0. The molecule has 2 heteroatoms. The van der Waals surface area contributed by atoms with Crippen LogP contribution in [0.3, 0.4) is 0 Å². The molecule has 0 saturated carbocycles. The second kappa shape index (κ2) is 4.79. The quantitative estimate of drug-likeness (QED) is 0.853. The van der Waals surface area contributed by atoms with E-state index >= 15 is 0 Å². The molecule has 0 aliphatic carbocycles. The van der Waals surface area contributed by atoms with E-state index in [1.807, 2.05) is 38.1 Å². The highest BCUT2D eigenvalue weighted by molar-refractivity contribution is 5.47. The predicted octanol–water partition coefficient (Wildman–Crippen LogP) is 3.95. The normalized spacial score (nSPS) is 12.0. The van der Waals surface area contributed by atoms with Crippen molar-refractivity contribution in [2.75, 3.05) is 11.9 Å². The fourth-order valence-electron chi connectivity index (χ4n) is 1.44. The molecule has 0 bridgehead atoms. The number of anilines is 1. The van der Waals surface area contributed by atoms with Crippen molar-refractivity contribution in [1.82, 2.24) is 0 Å². The molecule has 0 aliphatic heterocycles. The lowest BCUT2D eigenvalue weighted by Crippen LogP contribution is -2.19. The molecule has 1 N–H and O–H groups in total. The monoisotopic (exact) mass is 230 g/mol. The second-order valence-corrected chi connectivity index (χ2v) is 6.23. The molecular formula is C15H22N2. The lowest BCUT2D eigenvalue weighted by Gasteiger charge is -2.20. The highest BCUT2D eigenvalue weighted by Crippen LogP contribution is 2.24. The highest BCUT2D eigenvalue weighted by Gasteiger charge is 2.19. The molecule has 0 aromatic heterocycles. The van der Waals surface area contributed by atoms with Gasteiger partial charge in [0, 0.05) is 12.2 Å². The SMILES string of the molecule is CC(C)(C)CNc1ccc(C(C)(C)C#N)cc1. The first-order valence-corrected chi connectivity index (χ1v) is 6.00. The van der Waals surface area contributed by atoms with Crippen molar-refractivity contribution in [3.8, 4) is 6.07 Å². The third-order valence-corrected chi connectivity index (χ3v) is 2.71. The van der Waals surface area contributed by atoms with Gasteiger partial charge in [-0.25, -0.2) is 0 Å². The van der Waals surface area contributed by atoms with Gasteiger partial charge in [0.2, 0.25) is 0 Å². The molecule has 0 spiro atoms. The molecule has 1 aromatic carbocycles. The smallest absolute Gasteiger partial charge is 0.0766 e. The van der Waals surface area contributed by atoms with Gasteiger partial charge in [0.1, 0.15) is 0 Å². The van der Waals surface area contributed by atoms with Gasteiger partial charge in [-0.2, -0.15) is 5.26 Å². The van der Waals surface area contributed by atoms with Crippen LogP contribution < -0.4 is 5.32 Å². The van der Waals surface area contributed by atoms with E-state index in [-0.39, 0.29) is 5.41 Å². The van der Waals surface area contributed by atoms with E-state index in [0.717, 1.165) is 17.8 Å². The fourth-order valence-corrected chi connectivity index (χ4v) is 1.44. The Hall–Kier alpha value is -1.49. The molecule has 0 heterocycles. The summed E-state index contributed by atoms with van der Waals surface area (Å²) >= 11 is 0. The Kier molecular flexibility index (Phi) is 3.83. The average Bonchev–Trinajstić information content (AvgIpc) is 2.26. The van der Waals surface area contributed by atoms with Crippen LogP contribution in [0.4, 0.5) is 5.69 Å². The van der Waals surface area contributed by atoms with Gasteiger partial charge >= 0.3 is 0 Å². The number of benzene rings is 1. The summed E-state index contributed by atoms with van der Waals surface area (Å²) < 4.78 is 0. The van der Waals surface area contributed by atoms with E-state index in [0.29, 0.717) is 0 Å². The second-order valence-electron chi connectivity index (χ2n) is 6.23. The van der Waals surface area contributed by atoms with Crippen molar-refractivity contribution in [3.63, 3.8) is 0 Å². The number of rotatable bonds is 3. The summed E-state index contributed by atoms with van der Waals surface area (Å²) in [5.41, 5.74) is 2.02. The van der Waals surface area contributed by atoms with E-state index in [9.17, 15) is 0 Å². The lowest BCUT2D eigenvalue weighted by molar-refractivity contribution is 0.443. The van der Waals surface area contributed by atoms with E-state index in [2.05, 4.69) is 32.2 Å². The van der Waals surface area contributed by atoms with Crippen LogP contribution in [0.15, 0.2) is 24.3 Å². The molecule has 0 fully saturated rings. The third kappa shape index (κ3) is 4.11. The van der Waals surface area contributed by atoms with Crippen molar-refractivity contribution < 1.29 is 0 Å². The zero-order chi connectivity index (χ0) is 13.1. The Morgan fingerprint density at radius 3 is 2.00 bits per heavy atom. The third-order valence-electron chi connectivity index (χ3n) is 2.71. The van der Waals surface area contributed by atoms with E-state index < -0.39 is 5.41 Å². The molecule has 1 rings (SSSR count). The Morgan fingerprint density at radius 1 is 1.06 bits per heavy atom. The van der Waals surface area contributed by atoms with Crippen LogP contribution >= 0.6 is 0 Å². The molecule has 17 heavy (non-hydrogen) atoms. The first-order chi connectivity index (χ1) is 7.74. The fraction of sp³-hybridized carbons (Fsp3) is 0.533. The van der Waals surface area contributed by atoms with Gasteiger partial charge in [0.05, 0.1) is 11.5 Å². The molecule has 0 amide bonds. The maximum absolute atomic E-state index is 9.06. The maximum atomic E-state index is 9.06. The van der Waals surface area contributed by atoms with Gasteiger partial charge in [0.15, 0.2) is 0 Å². The van der Waals surface area contributed by atoms with Crippen molar-refractivity contribution in [3.05, 3.63) is 29.8 Å². The van der Waals surface area contributed by atoms with Gasteiger partial charge in [-0.05, 0) is 37.0 Å². The summed E-state index contributed by atoms with van der Waals surface area (Å²) in [5.74, 6) is 0. The molecular weight excluding hydrogens is 208 g/mol. The molecule has 92 valence electrons. The van der Waals surface area contributed by atoms with E-state index in [1.54, 1.807) is 0 Å². The van der Waals surface area contributed by atoms with Crippen LogP contribution in [0, 0.1) is 16.7 Å². The average molecular weight is 230 g/mol. The van der Waals surface area contributed by atoms with E-state index in [4.69, 9.17) is 5.26 Å². The van der Waals surface area contributed by atoms with Gasteiger partial charge in [-0.3, -0.25) is 0 Å². The van der Waals surface area contributed by atoms with Crippen molar-refractivity contribution >= 4 is 5.69 Å². The number of nitriles is 1. The minimum atomic E-state index is -0.414. The molecule has 0 saturated heterocycles. The van der Waals surface area contributed by atoms with Crippen LogP contribution in [0.2, 0.25) is 0 Å². The number of hydrogen-bond donors (Lipinski definition) is 1. The summed E-state index contributed by atoms with van der Waals surface area (Å²) in [6, 6.07) is 10.4. The zero-order valence-electron chi connectivity index (χ0n) is 11.5. The molecule has 0 radical (unpaired) electrons. The van der Waals surface area contributed by atoms with Crippen molar-refractivity contribution in [2.45, 2.75) is 40.0 Å². The van der Waals surface area contributed by atoms with Crippen LogP contribution in [0.1, 0.15) is 40.2 Å². The predicted molar refractivity (Wildman–Crippen MR) is 73.0 cm³/mol. The molecule has 0 unspecified atom stereocenters. The van der Waals surface area contributed by atoms with Crippen LogP contribution in [0.25, 0.3) is 0 Å². The summed E-state index contributed by atoms with van der Waals surface area (Å²) in [7, 11) is 0. The summed E-state index contributed by atoms with van der Waals surface area (Å²) in [5, 5.41) is 12.5. The van der Waals surface area contributed by atoms with Crippen molar-refractivity contribution in [2.24, 2.45) is 5.41 Å². The molecule has 0 aliphatic rings. The summed E-state index contributed by atoms with van der Waals surface area (Å²) in [6.07, 6.45) is 0.